The number of carbonyl (C=O) groups is 1. The minimum Gasteiger partial charge on any atom is -0.432 e. The van der Waals surface area contributed by atoms with Crippen molar-refractivity contribution in [2.75, 3.05) is 65.9 Å². The summed E-state index contributed by atoms with van der Waals surface area (Å²) in [7, 11) is -3.94. The lowest BCUT2D eigenvalue weighted by molar-refractivity contribution is -0.0627. The summed E-state index contributed by atoms with van der Waals surface area (Å²) < 4.78 is 50.9. The normalized spacial score (nSPS) is 29.9. The summed E-state index contributed by atoms with van der Waals surface area (Å²) in [5.74, 6) is 4.29. The maximum absolute atomic E-state index is 12.9. The Hall–Kier alpha value is -2.42. The number of phosphoric acid groups is 1. The first kappa shape index (κ1) is 46.3. The smallest absolute Gasteiger partial charge is 0.432 e. The van der Waals surface area contributed by atoms with E-state index in [1.54, 1.807) is 0 Å². The van der Waals surface area contributed by atoms with Crippen LogP contribution in [0.3, 0.4) is 0 Å². The van der Waals surface area contributed by atoms with Gasteiger partial charge in [-0.1, -0.05) is 65.5 Å². The van der Waals surface area contributed by atoms with Crippen molar-refractivity contribution in [2.24, 2.45) is 57.8 Å². The number of nitrogens with two attached hydrogens (primary N) is 2. The second kappa shape index (κ2) is 22.1. The second-order valence-electron chi connectivity index (χ2n) is 17.2. The van der Waals surface area contributed by atoms with E-state index in [0.717, 1.165) is 54.8 Å². The van der Waals surface area contributed by atoms with Crippen LogP contribution in [0.25, 0.3) is 0 Å². The number of nitrogens with one attached hydrogen (secondary N) is 4. The SMILES string of the molecule is CC(C)CCCC(C)C1CCC2C3CC=C4CC(OC(=O)OCCOCCOCCOP(=O)(OCCNC(=N)N)OCCNC(=N)N)CCC4(C)C3CCC12C. The third kappa shape index (κ3) is 13.3. The first-order chi connectivity index (χ1) is 26.7. The highest BCUT2D eigenvalue weighted by Crippen LogP contribution is 2.67. The van der Waals surface area contributed by atoms with Gasteiger partial charge in [0.25, 0.3) is 0 Å². The zero-order valence-electron chi connectivity index (χ0n) is 34.7. The maximum Gasteiger partial charge on any atom is 0.508 e. The van der Waals surface area contributed by atoms with Crippen LogP contribution < -0.4 is 22.1 Å². The molecule has 4 aliphatic carbocycles. The molecule has 8 atom stereocenters. The number of hydrogen-bond acceptors (Lipinski definition) is 11. The Bertz CT molecular complexity index is 1330. The van der Waals surface area contributed by atoms with Crippen LogP contribution in [0.15, 0.2) is 11.6 Å². The van der Waals surface area contributed by atoms with Crippen molar-refractivity contribution in [3.63, 3.8) is 0 Å². The van der Waals surface area contributed by atoms with Crippen LogP contribution in [0.5, 0.6) is 0 Å². The van der Waals surface area contributed by atoms with Gasteiger partial charge < -0.3 is 41.0 Å². The average Bonchev–Trinajstić information content (AvgIpc) is 3.50. The van der Waals surface area contributed by atoms with Crippen LogP contribution in [0, 0.1) is 57.2 Å². The van der Waals surface area contributed by atoms with E-state index < -0.39 is 14.0 Å². The van der Waals surface area contributed by atoms with Gasteiger partial charge in [0, 0.05) is 19.5 Å². The summed E-state index contributed by atoms with van der Waals surface area (Å²) in [5.41, 5.74) is 12.6. The van der Waals surface area contributed by atoms with Crippen molar-refractivity contribution in [3.05, 3.63) is 11.6 Å². The number of guanidine groups is 2. The summed E-state index contributed by atoms with van der Waals surface area (Å²) in [5, 5.41) is 19.4. The quantitative estimate of drug-likeness (QED) is 0.0149. The van der Waals surface area contributed by atoms with E-state index in [4.69, 9.17) is 54.8 Å². The fourth-order valence-corrected chi connectivity index (χ4v) is 11.6. The van der Waals surface area contributed by atoms with Crippen LogP contribution in [-0.2, 0) is 37.1 Å². The largest absolute Gasteiger partial charge is 0.508 e. The molecule has 4 rings (SSSR count). The Morgan fingerprint density at radius 3 is 2.11 bits per heavy atom. The van der Waals surface area contributed by atoms with Gasteiger partial charge in [-0.25, -0.2) is 9.36 Å². The summed E-state index contributed by atoms with van der Waals surface area (Å²) >= 11 is 0. The highest BCUT2D eigenvalue weighted by molar-refractivity contribution is 7.48. The monoisotopic (exact) mass is 813 g/mol. The minimum atomic E-state index is -3.94. The van der Waals surface area contributed by atoms with E-state index in [1.165, 1.54) is 56.9 Å². The number of hydrogen-bond donors (Lipinski definition) is 6. The molecule has 0 aromatic rings. The number of ether oxygens (including phenoxy) is 4. The van der Waals surface area contributed by atoms with Gasteiger partial charge in [-0.2, -0.15) is 0 Å². The molecule has 15 nitrogen and oxygen atoms in total. The number of phosphoric ester groups is 1. The van der Waals surface area contributed by atoms with Gasteiger partial charge in [0.1, 0.15) is 12.7 Å². The van der Waals surface area contributed by atoms with Crippen LogP contribution in [0.1, 0.15) is 105 Å². The van der Waals surface area contributed by atoms with Gasteiger partial charge in [-0.3, -0.25) is 24.4 Å². The lowest BCUT2D eigenvalue weighted by Gasteiger charge is -2.58. The Morgan fingerprint density at radius 2 is 1.46 bits per heavy atom. The third-order valence-corrected chi connectivity index (χ3v) is 14.6. The molecule has 8 unspecified atom stereocenters. The molecule has 8 N–H and O–H groups in total. The van der Waals surface area contributed by atoms with Crippen LogP contribution in [0.2, 0.25) is 0 Å². The maximum atomic E-state index is 12.9. The molecule has 0 saturated heterocycles. The van der Waals surface area contributed by atoms with Crippen molar-refractivity contribution in [1.29, 1.82) is 10.8 Å². The summed E-state index contributed by atoms with van der Waals surface area (Å²) in [6.07, 6.45) is 15.2. The summed E-state index contributed by atoms with van der Waals surface area (Å²) in [6.45, 7) is 13.2. The molecule has 0 heterocycles. The predicted molar refractivity (Wildman–Crippen MR) is 216 cm³/mol. The predicted octanol–water partition coefficient (Wildman–Crippen LogP) is 6.71. The van der Waals surface area contributed by atoms with E-state index in [-0.39, 0.29) is 89.4 Å². The van der Waals surface area contributed by atoms with Gasteiger partial charge in [0.15, 0.2) is 11.9 Å². The average molecular weight is 813 g/mol. The molecule has 0 amide bonds. The highest BCUT2D eigenvalue weighted by atomic mass is 31.2. The molecule has 0 aromatic carbocycles. The molecule has 0 radical (unpaired) electrons. The molecule has 56 heavy (non-hydrogen) atoms. The molecular formula is C40H73N6O9P. The molecule has 0 bridgehead atoms. The van der Waals surface area contributed by atoms with E-state index in [0.29, 0.717) is 5.41 Å². The Balaban J connectivity index is 1.09. The number of fused-ring (bicyclic) bond motifs is 5. The first-order valence-corrected chi connectivity index (χ1v) is 22.5. The fourth-order valence-electron chi connectivity index (χ4n) is 10.4. The lowest BCUT2D eigenvalue weighted by atomic mass is 9.47. The molecule has 4 aliphatic rings. The third-order valence-electron chi connectivity index (χ3n) is 13.2. The van der Waals surface area contributed by atoms with E-state index in [1.807, 2.05) is 0 Å². The fraction of sp³-hybridized carbons (Fsp3) is 0.875. The zero-order chi connectivity index (χ0) is 40.8. The number of allylic oxidation sites excluding steroid dienone is 1. The molecular weight excluding hydrogens is 739 g/mol. The van der Waals surface area contributed by atoms with Gasteiger partial charge >= 0.3 is 14.0 Å². The molecule has 16 heteroatoms. The van der Waals surface area contributed by atoms with E-state index in [2.05, 4.69) is 51.3 Å². The molecule has 0 aromatic heterocycles. The van der Waals surface area contributed by atoms with Crippen molar-refractivity contribution in [1.82, 2.24) is 10.6 Å². The second-order valence-corrected chi connectivity index (χ2v) is 18.9. The van der Waals surface area contributed by atoms with Gasteiger partial charge in [-0.15, -0.1) is 0 Å². The van der Waals surface area contributed by atoms with Crippen molar-refractivity contribution < 1.29 is 41.9 Å². The van der Waals surface area contributed by atoms with E-state index in [9.17, 15) is 9.36 Å². The Labute approximate surface area is 335 Å². The standard InChI is InChI=1S/C40H73N6O9P/c1-28(2)7-6-8-29(3)33-11-12-34-32-10-9-30-27-31(13-15-39(30,4)35(32)14-16-40(33,34)5)55-38(47)51-25-23-49-21-22-50-24-26-54-56(48,52-19-17-45-36(41)42)53-20-18-46-37(43)44/h9,28-29,31-35H,6-8,10-27H2,1-5H3,(H4,41,42,45)(H4,43,44,46). The summed E-state index contributed by atoms with van der Waals surface area (Å²) in [4.78, 5) is 12.6. The van der Waals surface area contributed by atoms with Crippen molar-refractivity contribution in [3.8, 4) is 0 Å². The topological polar surface area (TPSA) is 223 Å². The molecule has 322 valence electrons. The number of rotatable bonds is 24. The van der Waals surface area contributed by atoms with Gasteiger partial charge in [0.05, 0.1) is 46.2 Å². The Kier molecular flexibility index (Phi) is 18.3. The Morgan fingerprint density at radius 1 is 0.839 bits per heavy atom. The molecule has 0 spiro atoms. The molecule has 3 fully saturated rings. The number of carbonyl (C=O) groups excluding carboxylic acids is 1. The highest BCUT2D eigenvalue weighted by Gasteiger charge is 2.59. The lowest BCUT2D eigenvalue weighted by Crippen LogP contribution is -2.51. The van der Waals surface area contributed by atoms with E-state index >= 15 is 0 Å². The van der Waals surface area contributed by atoms with Crippen molar-refractivity contribution >= 4 is 25.9 Å². The van der Waals surface area contributed by atoms with Gasteiger partial charge in [-0.05, 0) is 91.3 Å². The van der Waals surface area contributed by atoms with Crippen LogP contribution >= 0.6 is 7.82 Å². The van der Waals surface area contributed by atoms with Gasteiger partial charge in [0.2, 0.25) is 0 Å². The van der Waals surface area contributed by atoms with Crippen LogP contribution in [0.4, 0.5) is 4.79 Å². The summed E-state index contributed by atoms with van der Waals surface area (Å²) in [6, 6.07) is 0. The van der Waals surface area contributed by atoms with Crippen molar-refractivity contribution in [2.45, 2.75) is 111 Å². The molecule has 0 aliphatic heterocycles. The molecule has 3 saturated carbocycles. The zero-order valence-corrected chi connectivity index (χ0v) is 35.6. The minimum absolute atomic E-state index is 0.0746. The van der Waals surface area contributed by atoms with Crippen LogP contribution in [-0.4, -0.2) is 90.1 Å². The first-order valence-electron chi connectivity index (χ1n) is 21.0.